The lowest BCUT2D eigenvalue weighted by Gasteiger charge is -2.09. The van der Waals surface area contributed by atoms with Gasteiger partial charge in [-0.3, -0.25) is 4.79 Å². The highest BCUT2D eigenvalue weighted by atomic mass is 16.1. The van der Waals surface area contributed by atoms with Crippen LogP contribution < -0.4 is 0 Å². The average molecular weight is 257 g/mol. The van der Waals surface area contributed by atoms with Crippen molar-refractivity contribution < 1.29 is 4.79 Å². The van der Waals surface area contributed by atoms with E-state index >= 15 is 0 Å². The molecule has 0 aliphatic heterocycles. The fourth-order valence-electron chi connectivity index (χ4n) is 2.25. The number of hydrogen-bond donors (Lipinski definition) is 0. The fourth-order valence-corrected chi connectivity index (χ4v) is 2.25. The van der Waals surface area contributed by atoms with E-state index in [1.165, 1.54) is 5.56 Å². The summed E-state index contributed by atoms with van der Waals surface area (Å²) in [6.45, 7) is 4.90. The van der Waals surface area contributed by atoms with E-state index in [1.807, 2.05) is 10.7 Å². The van der Waals surface area contributed by atoms with Crippen LogP contribution in [-0.2, 0) is 13.0 Å². The lowest BCUT2D eigenvalue weighted by atomic mass is 10.1. The first-order chi connectivity index (χ1) is 9.22. The van der Waals surface area contributed by atoms with Crippen LogP contribution in [-0.4, -0.2) is 21.3 Å². The molecule has 0 fully saturated rings. The number of benzene rings is 1. The van der Waals surface area contributed by atoms with Crippen molar-refractivity contribution in [3.8, 4) is 0 Å². The SMILES string of the molecule is CC(C)c1c(C=O)nnn1CCCc1ccccc1. The van der Waals surface area contributed by atoms with Gasteiger partial charge in [-0.15, -0.1) is 5.10 Å². The van der Waals surface area contributed by atoms with Crippen LogP contribution in [0.3, 0.4) is 0 Å². The van der Waals surface area contributed by atoms with Crippen molar-refractivity contribution in [3.63, 3.8) is 0 Å². The maximum atomic E-state index is 10.9. The molecule has 0 aliphatic rings. The average Bonchev–Trinajstić information content (AvgIpc) is 2.83. The third-order valence-electron chi connectivity index (χ3n) is 3.14. The second-order valence-electron chi connectivity index (χ2n) is 4.94. The maximum absolute atomic E-state index is 10.9. The molecular weight excluding hydrogens is 238 g/mol. The summed E-state index contributed by atoms with van der Waals surface area (Å²) in [5.41, 5.74) is 2.72. The molecule has 0 amide bonds. The van der Waals surface area contributed by atoms with Gasteiger partial charge < -0.3 is 0 Å². The Labute approximate surface area is 113 Å². The van der Waals surface area contributed by atoms with Crippen molar-refractivity contribution in [3.05, 3.63) is 47.3 Å². The second-order valence-corrected chi connectivity index (χ2v) is 4.94. The smallest absolute Gasteiger partial charge is 0.172 e. The minimum atomic E-state index is 0.256. The molecule has 0 unspecified atom stereocenters. The van der Waals surface area contributed by atoms with E-state index in [0.717, 1.165) is 31.4 Å². The zero-order chi connectivity index (χ0) is 13.7. The maximum Gasteiger partial charge on any atom is 0.172 e. The summed E-state index contributed by atoms with van der Waals surface area (Å²) in [4.78, 5) is 10.9. The third-order valence-corrected chi connectivity index (χ3v) is 3.14. The summed E-state index contributed by atoms with van der Waals surface area (Å²) in [6.07, 6.45) is 2.79. The minimum absolute atomic E-state index is 0.256. The van der Waals surface area contributed by atoms with Gasteiger partial charge in [-0.05, 0) is 24.3 Å². The summed E-state index contributed by atoms with van der Waals surface area (Å²) < 4.78 is 1.86. The summed E-state index contributed by atoms with van der Waals surface area (Å²) in [7, 11) is 0. The number of rotatable bonds is 6. The van der Waals surface area contributed by atoms with E-state index in [9.17, 15) is 4.79 Å². The van der Waals surface area contributed by atoms with Crippen LogP contribution in [0.1, 0.15) is 47.9 Å². The lowest BCUT2D eigenvalue weighted by Crippen LogP contribution is -2.08. The zero-order valence-electron chi connectivity index (χ0n) is 11.4. The van der Waals surface area contributed by atoms with Gasteiger partial charge in [-0.25, -0.2) is 4.68 Å². The Morgan fingerprint density at radius 3 is 2.63 bits per heavy atom. The highest BCUT2D eigenvalue weighted by Gasteiger charge is 2.15. The van der Waals surface area contributed by atoms with E-state index in [2.05, 4.69) is 48.4 Å². The second kappa shape index (κ2) is 6.27. The molecule has 100 valence electrons. The van der Waals surface area contributed by atoms with E-state index in [4.69, 9.17) is 0 Å². The molecule has 0 spiro atoms. The topological polar surface area (TPSA) is 47.8 Å². The largest absolute Gasteiger partial charge is 0.296 e. The Morgan fingerprint density at radius 2 is 2.00 bits per heavy atom. The first-order valence-electron chi connectivity index (χ1n) is 6.65. The van der Waals surface area contributed by atoms with E-state index in [-0.39, 0.29) is 5.92 Å². The van der Waals surface area contributed by atoms with Gasteiger partial charge in [0.15, 0.2) is 6.29 Å². The van der Waals surface area contributed by atoms with Crippen molar-refractivity contribution >= 4 is 6.29 Å². The predicted octanol–water partition coefficient (Wildman–Crippen LogP) is 2.85. The van der Waals surface area contributed by atoms with Gasteiger partial charge in [-0.2, -0.15) is 0 Å². The van der Waals surface area contributed by atoms with Gasteiger partial charge in [-0.1, -0.05) is 49.4 Å². The molecule has 19 heavy (non-hydrogen) atoms. The molecule has 0 radical (unpaired) electrons. The quantitative estimate of drug-likeness (QED) is 0.748. The minimum Gasteiger partial charge on any atom is -0.296 e. The van der Waals surface area contributed by atoms with Crippen LogP contribution in [0.2, 0.25) is 0 Å². The van der Waals surface area contributed by atoms with E-state index in [1.54, 1.807) is 0 Å². The van der Waals surface area contributed by atoms with Gasteiger partial charge in [0, 0.05) is 6.54 Å². The molecule has 4 nitrogen and oxygen atoms in total. The van der Waals surface area contributed by atoms with Crippen LogP contribution in [0.5, 0.6) is 0 Å². The number of hydrogen-bond acceptors (Lipinski definition) is 3. The number of aryl methyl sites for hydroxylation is 2. The Hall–Kier alpha value is -1.97. The first kappa shape index (κ1) is 13.5. The monoisotopic (exact) mass is 257 g/mol. The number of carbonyl (C=O) groups is 1. The zero-order valence-corrected chi connectivity index (χ0v) is 11.4. The number of aromatic nitrogens is 3. The van der Waals surface area contributed by atoms with Crippen molar-refractivity contribution in [2.45, 2.75) is 39.2 Å². The van der Waals surface area contributed by atoms with Crippen LogP contribution in [0.15, 0.2) is 30.3 Å². The van der Waals surface area contributed by atoms with E-state index in [0.29, 0.717) is 5.69 Å². The van der Waals surface area contributed by atoms with Crippen molar-refractivity contribution in [2.24, 2.45) is 0 Å². The number of aldehydes is 1. The Bertz CT molecular complexity index is 532. The summed E-state index contributed by atoms with van der Waals surface area (Å²) >= 11 is 0. The highest BCUT2D eigenvalue weighted by molar-refractivity contribution is 5.73. The molecule has 2 aromatic rings. The highest BCUT2D eigenvalue weighted by Crippen LogP contribution is 2.16. The molecule has 0 saturated heterocycles. The molecule has 1 heterocycles. The van der Waals surface area contributed by atoms with Crippen LogP contribution in [0.25, 0.3) is 0 Å². The molecule has 1 aromatic heterocycles. The Morgan fingerprint density at radius 1 is 1.26 bits per heavy atom. The predicted molar refractivity (Wildman–Crippen MR) is 74.3 cm³/mol. The van der Waals surface area contributed by atoms with Crippen molar-refractivity contribution in [1.29, 1.82) is 0 Å². The normalized spacial score (nSPS) is 10.9. The van der Waals surface area contributed by atoms with Gasteiger partial charge in [0.25, 0.3) is 0 Å². The Balaban J connectivity index is 2.00. The molecule has 0 atom stereocenters. The molecule has 4 heteroatoms. The van der Waals surface area contributed by atoms with Crippen LogP contribution in [0, 0.1) is 0 Å². The number of nitrogens with zero attached hydrogens (tertiary/aromatic N) is 3. The van der Waals surface area contributed by atoms with E-state index < -0.39 is 0 Å². The summed E-state index contributed by atoms with van der Waals surface area (Å²) in [5.74, 6) is 0.256. The van der Waals surface area contributed by atoms with Gasteiger partial charge in [0.1, 0.15) is 5.69 Å². The molecule has 0 bridgehead atoms. The van der Waals surface area contributed by atoms with Gasteiger partial charge >= 0.3 is 0 Å². The first-order valence-corrected chi connectivity index (χ1v) is 6.65. The lowest BCUT2D eigenvalue weighted by molar-refractivity contribution is 0.111. The molecular formula is C15H19N3O. The van der Waals surface area contributed by atoms with Crippen LogP contribution >= 0.6 is 0 Å². The number of carbonyl (C=O) groups excluding carboxylic acids is 1. The van der Waals surface area contributed by atoms with Gasteiger partial charge in [0.2, 0.25) is 0 Å². The molecule has 0 aliphatic carbocycles. The molecule has 0 saturated carbocycles. The summed E-state index contributed by atoms with van der Waals surface area (Å²) in [6, 6.07) is 10.4. The fraction of sp³-hybridized carbons (Fsp3) is 0.400. The third kappa shape index (κ3) is 3.28. The molecule has 1 aromatic carbocycles. The van der Waals surface area contributed by atoms with Gasteiger partial charge in [0.05, 0.1) is 5.69 Å². The summed E-state index contributed by atoms with van der Waals surface area (Å²) in [5, 5.41) is 8.00. The standard InChI is InChI=1S/C15H19N3O/c1-12(2)15-14(11-19)16-17-18(15)10-6-9-13-7-4-3-5-8-13/h3-5,7-8,11-12H,6,9-10H2,1-2H3. The molecule has 2 rings (SSSR count). The molecule has 0 N–H and O–H groups in total. The van der Waals surface area contributed by atoms with Crippen molar-refractivity contribution in [1.82, 2.24) is 15.0 Å². The Kier molecular flexibility index (Phi) is 4.44. The van der Waals surface area contributed by atoms with Crippen molar-refractivity contribution in [2.75, 3.05) is 0 Å². The van der Waals surface area contributed by atoms with Crippen LogP contribution in [0.4, 0.5) is 0 Å².